The summed E-state index contributed by atoms with van der Waals surface area (Å²) in [6, 6.07) is 14.3. The summed E-state index contributed by atoms with van der Waals surface area (Å²) in [5.74, 6) is -0.342. The molecule has 1 heterocycles. The number of para-hydroxylation sites is 1. The lowest BCUT2D eigenvalue weighted by Crippen LogP contribution is -2.15. The highest BCUT2D eigenvalue weighted by Gasteiger charge is 2.31. The van der Waals surface area contributed by atoms with E-state index in [2.05, 4.69) is 5.10 Å². The SMILES string of the molecule is COC(=O)c1c(-c2cc(OC(C)C)cc(OC(C)C)c2)nn(-c2ccccc2)c1C(=O)OC. The Kier molecular flexibility index (Phi) is 7.37. The summed E-state index contributed by atoms with van der Waals surface area (Å²) in [7, 11) is 2.50. The molecule has 0 N–H and O–H groups in total. The molecule has 0 aliphatic carbocycles. The van der Waals surface area contributed by atoms with Crippen molar-refractivity contribution in [1.29, 1.82) is 0 Å². The average Bonchev–Trinajstić information content (AvgIpc) is 3.18. The van der Waals surface area contributed by atoms with Gasteiger partial charge in [-0.1, -0.05) is 18.2 Å². The topological polar surface area (TPSA) is 88.9 Å². The van der Waals surface area contributed by atoms with Gasteiger partial charge in [0.1, 0.15) is 22.8 Å². The molecule has 33 heavy (non-hydrogen) atoms. The van der Waals surface area contributed by atoms with Crippen LogP contribution in [-0.2, 0) is 9.47 Å². The number of hydrogen-bond donors (Lipinski definition) is 0. The molecule has 0 amide bonds. The van der Waals surface area contributed by atoms with E-state index in [0.29, 0.717) is 22.7 Å². The molecular formula is C25H28N2O6. The van der Waals surface area contributed by atoms with E-state index in [1.165, 1.54) is 18.9 Å². The fourth-order valence-electron chi connectivity index (χ4n) is 3.35. The maximum absolute atomic E-state index is 12.9. The first-order valence-electron chi connectivity index (χ1n) is 10.6. The van der Waals surface area contributed by atoms with Crippen LogP contribution in [0.2, 0.25) is 0 Å². The molecule has 8 nitrogen and oxygen atoms in total. The molecule has 0 aliphatic rings. The lowest BCUT2D eigenvalue weighted by molar-refractivity contribution is 0.0549. The van der Waals surface area contributed by atoms with Crippen LogP contribution < -0.4 is 9.47 Å². The standard InChI is InChI=1S/C25H28N2O6/c1-15(2)32-19-12-17(13-20(14-19)33-16(3)4)22-21(24(28)30-5)23(25(29)31-6)27(26-22)18-10-8-7-9-11-18/h7-16H,1-6H3. The fourth-order valence-corrected chi connectivity index (χ4v) is 3.35. The van der Waals surface area contributed by atoms with Crippen LogP contribution in [0.25, 0.3) is 16.9 Å². The Balaban J connectivity index is 2.33. The van der Waals surface area contributed by atoms with Crippen LogP contribution in [0.3, 0.4) is 0 Å². The second-order valence-electron chi connectivity index (χ2n) is 7.83. The van der Waals surface area contributed by atoms with Crippen molar-refractivity contribution in [3.8, 4) is 28.4 Å². The predicted octanol–water partition coefficient (Wildman–Crippen LogP) is 4.69. The Labute approximate surface area is 193 Å². The molecule has 0 atom stereocenters. The van der Waals surface area contributed by atoms with Gasteiger partial charge in [-0.25, -0.2) is 14.3 Å². The van der Waals surface area contributed by atoms with E-state index in [4.69, 9.17) is 18.9 Å². The number of nitrogens with zero attached hydrogens (tertiary/aromatic N) is 2. The van der Waals surface area contributed by atoms with Crippen molar-refractivity contribution in [3.05, 3.63) is 59.8 Å². The van der Waals surface area contributed by atoms with E-state index < -0.39 is 11.9 Å². The van der Waals surface area contributed by atoms with Crippen LogP contribution in [0.1, 0.15) is 48.5 Å². The molecule has 3 aromatic rings. The molecule has 0 bridgehead atoms. The molecule has 0 aliphatic heterocycles. The quantitative estimate of drug-likeness (QED) is 0.458. The number of ether oxygens (including phenoxy) is 4. The molecule has 0 unspecified atom stereocenters. The Hall–Kier alpha value is -3.81. The molecule has 1 aromatic heterocycles. The number of esters is 2. The zero-order valence-corrected chi connectivity index (χ0v) is 19.6. The minimum atomic E-state index is -0.716. The molecule has 0 fully saturated rings. The van der Waals surface area contributed by atoms with E-state index in [0.717, 1.165) is 0 Å². The maximum atomic E-state index is 12.9. The van der Waals surface area contributed by atoms with E-state index in [1.807, 2.05) is 33.8 Å². The van der Waals surface area contributed by atoms with Gasteiger partial charge in [0, 0.05) is 11.6 Å². The van der Waals surface area contributed by atoms with Crippen molar-refractivity contribution in [2.45, 2.75) is 39.9 Å². The van der Waals surface area contributed by atoms with Crippen molar-refractivity contribution < 1.29 is 28.5 Å². The highest BCUT2D eigenvalue weighted by atomic mass is 16.5. The smallest absolute Gasteiger partial charge is 0.357 e. The first-order valence-corrected chi connectivity index (χ1v) is 10.6. The molecular weight excluding hydrogens is 424 g/mol. The van der Waals surface area contributed by atoms with Gasteiger partial charge in [0.15, 0.2) is 5.69 Å². The highest BCUT2D eigenvalue weighted by Crippen LogP contribution is 2.35. The van der Waals surface area contributed by atoms with Crippen LogP contribution >= 0.6 is 0 Å². The third-order valence-electron chi connectivity index (χ3n) is 4.55. The number of rotatable bonds is 8. The number of methoxy groups -OCH3 is 2. The minimum Gasteiger partial charge on any atom is -0.491 e. The Morgan fingerprint density at radius 2 is 1.36 bits per heavy atom. The second-order valence-corrected chi connectivity index (χ2v) is 7.83. The monoisotopic (exact) mass is 452 g/mol. The Morgan fingerprint density at radius 3 is 1.85 bits per heavy atom. The van der Waals surface area contributed by atoms with Gasteiger partial charge in [0.05, 0.1) is 32.1 Å². The second kappa shape index (κ2) is 10.2. The summed E-state index contributed by atoms with van der Waals surface area (Å²) in [5, 5.41) is 4.63. The van der Waals surface area contributed by atoms with Crippen LogP contribution in [0, 0.1) is 0 Å². The molecule has 0 spiro atoms. The molecule has 3 rings (SSSR count). The zero-order chi connectivity index (χ0) is 24.1. The molecule has 2 aromatic carbocycles. The number of benzene rings is 2. The van der Waals surface area contributed by atoms with Crippen LogP contribution in [0.15, 0.2) is 48.5 Å². The van der Waals surface area contributed by atoms with Gasteiger partial charge < -0.3 is 18.9 Å². The summed E-state index contributed by atoms with van der Waals surface area (Å²) in [6.45, 7) is 7.65. The van der Waals surface area contributed by atoms with E-state index in [-0.39, 0.29) is 29.2 Å². The van der Waals surface area contributed by atoms with Crippen LogP contribution in [0.4, 0.5) is 0 Å². The van der Waals surface area contributed by atoms with Gasteiger partial charge in [-0.2, -0.15) is 5.10 Å². The third-order valence-corrected chi connectivity index (χ3v) is 4.55. The largest absolute Gasteiger partial charge is 0.491 e. The maximum Gasteiger partial charge on any atom is 0.357 e. The van der Waals surface area contributed by atoms with Gasteiger partial charge in [-0.15, -0.1) is 0 Å². The lowest BCUT2D eigenvalue weighted by Gasteiger charge is -2.15. The number of hydrogen-bond acceptors (Lipinski definition) is 7. The summed E-state index contributed by atoms with van der Waals surface area (Å²) >= 11 is 0. The van der Waals surface area contributed by atoms with Crippen LogP contribution in [-0.4, -0.2) is 48.1 Å². The number of carbonyl (C=O) groups is 2. The number of carbonyl (C=O) groups excluding carboxylic acids is 2. The fraction of sp³-hybridized carbons (Fsp3) is 0.320. The van der Waals surface area contributed by atoms with Gasteiger partial charge in [-0.3, -0.25) is 0 Å². The average molecular weight is 453 g/mol. The van der Waals surface area contributed by atoms with Gasteiger partial charge in [-0.05, 0) is 52.0 Å². The van der Waals surface area contributed by atoms with Crippen molar-refractivity contribution >= 4 is 11.9 Å². The molecule has 0 saturated heterocycles. The van der Waals surface area contributed by atoms with Crippen molar-refractivity contribution in [2.24, 2.45) is 0 Å². The van der Waals surface area contributed by atoms with Gasteiger partial charge >= 0.3 is 11.9 Å². The molecule has 0 radical (unpaired) electrons. The third kappa shape index (κ3) is 5.34. The molecule has 8 heteroatoms. The Bertz CT molecular complexity index is 1110. The lowest BCUT2D eigenvalue weighted by atomic mass is 10.0. The first kappa shape index (κ1) is 23.8. The van der Waals surface area contributed by atoms with E-state index in [1.54, 1.807) is 42.5 Å². The minimum absolute atomic E-state index is 0.00889. The summed E-state index contributed by atoms with van der Waals surface area (Å²) in [4.78, 5) is 25.7. The summed E-state index contributed by atoms with van der Waals surface area (Å²) < 4.78 is 23.2. The first-order chi connectivity index (χ1) is 15.7. The van der Waals surface area contributed by atoms with E-state index >= 15 is 0 Å². The zero-order valence-electron chi connectivity index (χ0n) is 19.6. The van der Waals surface area contributed by atoms with Crippen molar-refractivity contribution in [2.75, 3.05) is 14.2 Å². The van der Waals surface area contributed by atoms with Gasteiger partial charge in [0.25, 0.3) is 0 Å². The molecule has 174 valence electrons. The highest BCUT2D eigenvalue weighted by molar-refractivity contribution is 6.07. The van der Waals surface area contributed by atoms with Gasteiger partial charge in [0.2, 0.25) is 0 Å². The van der Waals surface area contributed by atoms with Crippen molar-refractivity contribution in [1.82, 2.24) is 9.78 Å². The Morgan fingerprint density at radius 1 is 0.818 bits per heavy atom. The number of aromatic nitrogens is 2. The van der Waals surface area contributed by atoms with Crippen molar-refractivity contribution in [3.63, 3.8) is 0 Å². The summed E-state index contributed by atoms with van der Waals surface area (Å²) in [5.41, 5.74) is 1.32. The normalized spacial score (nSPS) is 10.9. The van der Waals surface area contributed by atoms with Crippen LogP contribution in [0.5, 0.6) is 11.5 Å². The van der Waals surface area contributed by atoms with E-state index in [9.17, 15) is 9.59 Å². The summed E-state index contributed by atoms with van der Waals surface area (Å²) in [6.07, 6.45) is -0.167. The molecule has 0 saturated carbocycles. The predicted molar refractivity (Wildman–Crippen MR) is 123 cm³/mol.